The molecule has 1 unspecified atom stereocenters. The molecule has 2 amide bonds. The number of rotatable bonds is 5. The highest BCUT2D eigenvalue weighted by Crippen LogP contribution is 2.64. The summed E-state index contributed by atoms with van der Waals surface area (Å²) >= 11 is 12.6. The summed E-state index contributed by atoms with van der Waals surface area (Å²) in [5, 5.41) is 6.17. The molecule has 0 saturated heterocycles. The van der Waals surface area contributed by atoms with Crippen LogP contribution in [-0.2, 0) is 9.59 Å². The molecule has 8 heteroatoms. The number of benzene rings is 1. The van der Waals surface area contributed by atoms with E-state index in [0.29, 0.717) is 44.9 Å². The predicted molar refractivity (Wildman–Crippen MR) is 112 cm³/mol. The lowest BCUT2D eigenvalue weighted by Gasteiger charge is -2.38. The number of hydrogen-bond donors (Lipinski definition) is 2. The molecule has 30 heavy (non-hydrogen) atoms. The SMILES string of the molecule is CC(=O)N[C@@H]1CCC(C(=O)N[C@H](c2c(F)ccc(Cl)c2Cl)C23CCC(F)(CC2)C3)C1. The van der Waals surface area contributed by atoms with Crippen molar-refractivity contribution in [2.75, 3.05) is 0 Å². The van der Waals surface area contributed by atoms with Gasteiger partial charge in [-0.05, 0) is 68.9 Å². The van der Waals surface area contributed by atoms with Crippen LogP contribution in [0.3, 0.4) is 0 Å². The Labute approximate surface area is 185 Å². The number of alkyl halides is 1. The van der Waals surface area contributed by atoms with Crippen LogP contribution in [0.5, 0.6) is 0 Å². The van der Waals surface area contributed by atoms with Crippen molar-refractivity contribution in [1.29, 1.82) is 0 Å². The van der Waals surface area contributed by atoms with Crippen LogP contribution in [0.2, 0.25) is 10.0 Å². The van der Waals surface area contributed by atoms with E-state index in [2.05, 4.69) is 10.6 Å². The molecule has 4 nitrogen and oxygen atoms in total. The molecular weight excluding hydrogens is 433 g/mol. The maximum atomic E-state index is 15.0. The molecule has 0 spiro atoms. The van der Waals surface area contributed by atoms with E-state index in [4.69, 9.17) is 23.2 Å². The fourth-order valence-corrected chi connectivity index (χ4v) is 6.24. The summed E-state index contributed by atoms with van der Waals surface area (Å²) in [7, 11) is 0. The van der Waals surface area contributed by atoms with Crippen molar-refractivity contribution in [2.24, 2.45) is 11.3 Å². The molecule has 2 bridgehead atoms. The van der Waals surface area contributed by atoms with Crippen LogP contribution < -0.4 is 10.6 Å². The molecule has 2 N–H and O–H groups in total. The zero-order valence-corrected chi connectivity index (χ0v) is 18.4. The second-order valence-corrected chi connectivity index (χ2v) is 10.1. The van der Waals surface area contributed by atoms with Crippen molar-refractivity contribution in [3.8, 4) is 0 Å². The highest BCUT2D eigenvalue weighted by atomic mass is 35.5. The van der Waals surface area contributed by atoms with Gasteiger partial charge in [-0.15, -0.1) is 0 Å². The Morgan fingerprint density at radius 1 is 1.17 bits per heavy atom. The van der Waals surface area contributed by atoms with Crippen molar-refractivity contribution in [3.63, 3.8) is 0 Å². The van der Waals surface area contributed by atoms with E-state index in [0.717, 1.165) is 0 Å². The number of amides is 2. The molecule has 3 aliphatic carbocycles. The third kappa shape index (κ3) is 3.93. The van der Waals surface area contributed by atoms with Crippen molar-refractivity contribution < 1.29 is 18.4 Å². The zero-order chi connectivity index (χ0) is 21.7. The Morgan fingerprint density at radius 3 is 2.47 bits per heavy atom. The van der Waals surface area contributed by atoms with Crippen LogP contribution in [0.4, 0.5) is 8.78 Å². The number of hydrogen-bond acceptors (Lipinski definition) is 2. The Balaban J connectivity index is 1.62. The summed E-state index contributed by atoms with van der Waals surface area (Å²) in [5.74, 6) is -1.17. The van der Waals surface area contributed by atoms with E-state index in [1.165, 1.54) is 19.1 Å². The van der Waals surface area contributed by atoms with Gasteiger partial charge in [-0.1, -0.05) is 23.2 Å². The first-order chi connectivity index (χ1) is 14.1. The Morgan fingerprint density at radius 2 is 1.87 bits per heavy atom. The maximum absolute atomic E-state index is 15.0. The summed E-state index contributed by atoms with van der Waals surface area (Å²) < 4.78 is 29.9. The average Bonchev–Trinajstić information content (AvgIpc) is 3.37. The van der Waals surface area contributed by atoms with Crippen LogP contribution in [-0.4, -0.2) is 23.5 Å². The molecule has 3 saturated carbocycles. The molecule has 3 atom stereocenters. The third-order valence-corrected chi connectivity index (χ3v) is 8.11. The van der Waals surface area contributed by atoms with Gasteiger partial charge in [-0.3, -0.25) is 9.59 Å². The highest BCUT2D eigenvalue weighted by Gasteiger charge is 2.59. The summed E-state index contributed by atoms with van der Waals surface area (Å²) in [4.78, 5) is 24.5. The van der Waals surface area contributed by atoms with E-state index < -0.39 is 22.9 Å². The van der Waals surface area contributed by atoms with E-state index in [1.54, 1.807) is 0 Å². The van der Waals surface area contributed by atoms with Crippen LogP contribution in [0.25, 0.3) is 0 Å². The first-order valence-electron chi connectivity index (χ1n) is 10.5. The van der Waals surface area contributed by atoms with Gasteiger partial charge < -0.3 is 10.6 Å². The number of fused-ring (bicyclic) bond motifs is 2. The van der Waals surface area contributed by atoms with Crippen LogP contribution in [0.15, 0.2) is 12.1 Å². The number of carbonyl (C=O) groups excluding carboxylic acids is 2. The molecular formula is C22H26Cl2F2N2O2. The van der Waals surface area contributed by atoms with Gasteiger partial charge in [0.1, 0.15) is 11.5 Å². The normalized spacial score (nSPS) is 33.5. The van der Waals surface area contributed by atoms with Crippen LogP contribution in [0.1, 0.15) is 69.9 Å². The monoisotopic (exact) mass is 458 g/mol. The molecule has 0 radical (unpaired) electrons. The Hall–Kier alpha value is -1.40. The van der Waals surface area contributed by atoms with Gasteiger partial charge >= 0.3 is 0 Å². The predicted octanol–water partition coefficient (Wildman–Crippen LogP) is 5.27. The molecule has 3 fully saturated rings. The van der Waals surface area contributed by atoms with Gasteiger partial charge in [-0.2, -0.15) is 0 Å². The molecule has 1 aromatic rings. The van der Waals surface area contributed by atoms with Crippen LogP contribution >= 0.6 is 23.2 Å². The highest BCUT2D eigenvalue weighted by molar-refractivity contribution is 6.42. The van der Waals surface area contributed by atoms with Gasteiger partial charge in [0.15, 0.2) is 0 Å². The summed E-state index contributed by atoms with van der Waals surface area (Å²) in [6.45, 7) is 1.45. The minimum Gasteiger partial charge on any atom is -0.354 e. The van der Waals surface area contributed by atoms with Crippen LogP contribution in [0, 0.1) is 17.2 Å². The average molecular weight is 459 g/mol. The van der Waals surface area contributed by atoms with Gasteiger partial charge in [-0.25, -0.2) is 8.78 Å². The standard InChI is InChI=1S/C22H26Cl2F2N2O2/c1-12(29)27-14-3-2-13(10-14)20(30)28-19(17-16(25)5-4-15(23)18(17)24)21-6-8-22(26,11-21)9-7-21/h4-5,13-14,19H,2-3,6-11H2,1H3,(H,27,29)(H,28,30)/t13?,14-,19-,21?,22?/m1/s1. The first-order valence-corrected chi connectivity index (χ1v) is 11.3. The lowest BCUT2D eigenvalue weighted by atomic mass is 9.74. The van der Waals surface area contributed by atoms with Crippen molar-refractivity contribution in [1.82, 2.24) is 10.6 Å². The third-order valence-electron chi connectivity index (χ3n) is 7.29. The molecule has 3 aliphatic rings. The lowest BCUT2D eigenvalue weighted by molar-refractivity contribution is -0.127. The number of nitrogens with one attached hydrogen (secondary N) is 2. The maximum Gasteiger partial charge on any atom is 0.223 e. The summed E-state index contributed by atoms with van der Waals surface area (Å²) in [5.41, 5.74) is -1.68. The minimum atomic E-state index is -1.26. The molecule has 164 valence electrons. The summed E-state index contributed by atoms with van der Waals surface area (Å²) in [6, 6.07) is 1.85. The fraction of sp³-hybridized carbons (Fsp3) is 0.636. The van der Waals surface area contributed by atoms with E-state index >= 15 is 0 Å². The van der Waals surface area contributed by atoms with Gasteiger partial charge in [0.05, 0.1) is 16.1 Å². The zero-order valence-electron chi connectivity index (χ0n) is 16.9. The largest absolute Gasteiger partial charge is 0.354 e. The van der Waals surface area contributed by atoms with Crippen molar-refractivity contribution in [2.45, 2.75) is 76.0 Å². The fourth-order valence-electron chi connectivity index (χ4n) is 5.81. The van der Waals surface area contributed by atoms with Gasteiger partial charge in [0, 0.05) is 24.4 Å². The van der Waals surface area contributed by atoms with Crippen molar-refractivity contribution in [3.05, 3.63) is 33.6 Å². The molecule has 0 aliphatic heterocycles. The topological polar surface area (TPSA) is 58.2 Å². The molecule has 1 aromatic carbocycles. The summed E-state index contributed by atoms with van der Waals surface area (Å²) in [6.07, 6.45) is 4.12. The number of carbonyl (C=O) groups is 2. The quantitative estimate of drug-likeness (QED) is 0.590. The smallest absolute Gasteiger partial charge is 0.223 e. The molecule has 4 rings (SSSR count). The second-order valence-electron chi connectivity index (χ2n) is 9.30. The minimum absolute atomic E-state index is 0.0437. The van der Waals surface area contributed by atoms with Gasteiger partial charge in [0.25, 0.3) is 0 Å². The van der Waals surface area contributed by atoms with E-state index in [-0.39, 0.29) is 45.8 Å². The Bertz CT molecular complexity index is 871. The Kier molecular flexibility index (Phi) is 5.77. The van der Waals surface area contributed by atoms with Crippen molar-refractivity contribution >= 4 is 35.0 Å². The lowest BCUT2D eigenvalue weighted by Crippen LogP contribution is -2.42. The first kappa shape index (κ1) is 21.8. The molecule has 0 heterocycles. The van der Waals surface area contributed by atoms with E-state index in [1.807, 2.05) is 0 Å². The van der Waals surface area contributed by atoms with Gasteiger partial charge in [0.2, 0.25) is 11.8 Å². The van der Waals surface area contributed by atoms with E-state index in [9.17, 15) is 18.4 Å². The number of halogens is 4. The molecule has 0 aromatic heterocycles. The second kappa shape index (κ2) is 7.94.